The lowest BCUT2D eigenvalue weighted by Crippen LogP contribution is -2.15. The molecule has 0 spiro atoms. The number of amides is 1. The lowest BCUT2D eigenvalue weighted by Gasteiger charge is -2.08. The predicted octanol–water partition coefficient (Wildman–Crippen LogP) is 2.82. The fraction of sp³-hybridized carbons (Fsp3) is 0.167. The van der Waals surface area contributed by atoms with Crippen molar-refractivity contribution in [3.8, 4) is 0 Å². The van der Waals surface area contributed by atoms with Gasteiger partial charge in [-0.15, -0.1) is 0 Å². The third-order valence-corrected chi connectivity index (χ3v) is 2.78. The van der Waals surface area contributed by atoms with Crippen molar-refractivity contribution in [2.75, 3.05) is 5.32 Å². The number of benzene rings is 1. The number of carbonyl (C=O) groups is 1. The van der Waals surface area contributed by atoms with Crippen molar-refractivity contribution in [2.45, 2.75) is 13.3 Å². The molecule has 0 saturated heterocycles. The smallest absolute Gasteiger partial charge is 0.230 e. The standard InChI is InChI=1S/C12H11ClN2O2/c1-8-10(13)3-2-4-11(8)15-12(16)5-9-6-17-7-14-9/h2-4,6-7H,5H2,1H3,(H,15,16). The van der Waals surface area contributed by atoms with E-state index in [1.54, 1.807) is 12.1 Å². The molecule has 1 aromatic carbocycles. The number of hydrogen-bond acceptors (Lipinski definition) is 3. The Morgan fingerprint density at radius 2 is 2.35 bits per heavy atom. The Morgan fingerprint density at radius 1 is 1.53 bits per heavy atom. The first-order valence-corrected chi connectivity index (χ1v) is 5.46. The summed E-state index contributed by atoms with van der Waals surface area (Å²) in [5, 5.41) is 3.41. The van der Waals surface area contributed by atoms with E-state index in [1.165, 1.54) is 12.7 Å². The molecule has 1 aromatic heterocycles. The zero-order valence-electron chi connectivity index (χ0n) is 9.24. The minimum atomic E-state index is -0.149. The highest BCUT2D eigenvalue weighted by molar-refractivity contribution is 6.31. The Hall–Kier alpha value is -1.81. The Morgan fingerprint density at radius 3 is 3.06 bits per heavy atom. The van der Waals surface area contributed by atoms with Crippen LogP contribution >= 0.6 is 11.6 Å². The van der Waals surface area contributed by atoms with Gasteiger partial charge < -0.3 is 9.73 Å². The summed E-state index contributed by atoms with van der Waals surface area (Å²) in [5.74, 6) is -0.149. The first kappa shape index (κ1) is 11.7. The summed E-state index contributed by atoms with van der Waals surface area (Å²) >= 11 is 5.96. The summed E-state index contributed by atoms with van der Waals surface area (Å²) in [6.07, 6.45) is 2.93. The van der Waals surface area contributed by atoms with Gasteiger partial charge in [0.25, 0.3) is 0 Å². The maximum absolute atomic E-state index is 11.7. The van der Waals surface area contributed by atoms with Crippen LogP contribution in [-0.2, 0) is 11.2 Å². The number of nitrogens with zero attached hydrogens (tertiary/aromatic N) is 1. The van der Waals surface area contributed by atoms with Crippen molar-refractivity contribution in [1.29, 1.82) is 0 Å². The van der Waals surface area contributed by atoms with Gasteiger partial charge in [0.15, 0.2) is 6.39 Å². The zero-order chi connectivity index (χ0) is 12.3. The number of hydrogen-bond donors (Lipinski definition) is 1. The Labute approximate surface area is 104 Å². The molecule has 1 amide bonds. The third kappa shape index (κ3) is 2.85. The van der Waals surface area contributed by atoms with Crippen molar-refractivity contribution in [3.05, 3.63) is 47.1 Å². The number of oxazole rings is 1. The van der Waals surface area contributed by atoms with E-state index < -0.39 is 0 Å². The molecule has 1 heterocycles. The summed E-state index contributed by atoms with van der Waals surface area (Å²) < 4.78 is 4.80. The second-order valence-electron chi connectivity index (χ2n) is 3.62. The van der Waals surface area contributed by atoms with Gasteiger partial charge in [0.2, 0.25) is 5.91 Å². The van der Waals surface area contributed by atoms with Crippen molar-refractivity contribution in [3.63, 3.8) is 0 Å². The molecule has 2 rings (SSSR count). The molecule has 4 nitrogen and oxygen atoms in total. The molecule has 0 aliphatic carbocycles. The van der Waals surface area contributed by atoms with Gasteiger partial charge in [-0.2, -0.15) is 0 Å². The fourth-order valence-corrected chi connectivity index (χ4v) is 1.60. The predicted molar refractivity (Wildman–Crippen MR) is 65.0 cm³/mol. The molecule has 0 aliphatic rings. The normalized spacial score (nSPS) is 10.2. The van der Waals surface area contributed by atoms with Crippen molar-refractivity contribution < 1.29 is 9.21 Å². The summed E-state index contributed by atoms with van der Waals surface area (Å²) in [7, 11) is 0. The Kier molecular flexibility index (Phi) is 3.44. The van der Waals surface area contributed by atoms with Gasteiger partial charge in [0.1, 0.15) is 6.26 Å². The molecule has 0 radical (unpaired) electrons. The number of halogens is 1. The number of carbonyl (C=O) groups excluding carboxylic acids is 1. The van der Waals surface area contributed by atoms with Crippen LogP contribution in [0.2, 0.25) is 5.02 Å². The molecule has 88 valence electrons. The van der Waals surface area contributed by atoms with Crippen LogP contribution in [-0.4, -0.2) is 10.9 Å². The second-order valence-corrected chi connectivity index (χ2v) is 4.02. The van der Waals surface area contributed by atoms with E-state index in [0.29, 0.717) is 16.4 Å². The van der Waals surface area contributed by atoms with Crippen LogP contribution in [0.15, 0.2) is 35.3 Å². The third-order valence-electron chi connectivity index (χ3n) is 2.37. The number of aromatic nitrogens is 1. The molecule has 0 aliphatic heterocycles. The van der Waals surface area contributed by atoms with Crippen LogP contribution in [0.1, 0.15) is 11.3 Å². The molecular formula is C12H11ClN2O2. The number of nitrogens with one attached hydrogen (secondary N) is 1. The van der Waals surface area contributed by atoms with Gasteiger partial charge in [-0.3, -0.25) is 4.79 Å². The highest BCUT2D eigenvalue weighted by atomic mass is 35.5. The highest BCUT2D eigenvalue weighted by Gasteiger charge is 2.08. The molecule has 2 aromatic rings. The van der Waals surface area contributed by atoms with Gasteiger partial charge in [-0.05, 0) is 24.6 Å². The molecule has 1 N–H and O–H groups in total. The maximum atomic E-state index is 11.7. The first-order valence-electron chi connectivity index (χ1n) is 5.09. The quantitative estimate of drug-likeness (QED) is 0.911. The molecule has 0 bridgehead atoms. The van der Waals surface area contributed by atoms with Crippen LogP contribution in [0.25, 0.3) is 0 Å². The topological polar surface area (TPSA) is 55.1 Å². The Bertz CT molecular complexity index is 523. The SMILES string of the molecule is Cc1c(Cl)cccc1NC(=O)Cc1cocn1. The van der Waals surface area contributed by atoms with Gasteiger partial charge in [0.05, 0.1) is 12.1 Å². The first-order chi connectivity index (χ1) is 8.16. The van der Waals surface area contributed by atoms with Gasteiger partial charge in [-0.25, -0.2) is 4.98 Å². The fourth-order valence-electron chi connectivity index (χ4n) is 1.43. The molecule has 0 unspecified atom stereocenters. The van der Waals surface area contributed by atoms with E-state index in [-0.39, 0.29) is 12.3 Å². The number of anilines is 1. The molecule has 5 heteroatoms. The van der Waals surface area contributed by atoms with E-state index in [9.17, 15) is 4.79 Å². The Balaban J connectivity index is 2.06. The minimum Gasteiger partial charge on any atom is -0.451 e. The highest BCUT2D eigenvalue weighted by Crippen LogP contribution is 2.22. The zero-order valence-corrected chi connectivity index (χ0v) is 9.99. The maximum Gasteiger partial charge on any atom is 0.230 e. The van der Waals surface area contributed by atoms with Crippen LogP contribution in [0, 0.1) is 6.92 Å². The lowest BCUT2D eigenvalue weighted by molar-refractivity contribution is -0.115. The summed E-state index contributed by atoms with van der Waals surface area (Å²) in [6.45, 7) is 1.86. The van der Waals surface area contributed by atoms with E-state index in [0.717, 1.165) is 5.56 Å². The summed E-state index contributed by atoms with van der Waals surface area (Å²) in [5.41, 5.74) is 2.16. The van der Waals surface area contributed by atoms with Crippen LogP contribution < -0.4 is 5.32 Å². The minimum absolute atomic E-state index is 0.149. The molecular weight excluding hydrogens is 240 g/mol. The van der Waals surface area contributed by atoms with Crippen LogP contribution in [0.4, 0.5) is 5.69 Å². The van der Waals surface area contributed by atoms with Gasteiger partial charge in [0, 0.05) is 10.7 Å². The van der Waals surface area contributed by atoms with Gasteiger partial charge >= 0.3 is 0 Å². The van der Waals surface area contributed by atoms with Crippen LogP contribution in [0.3, 0.4) is 0 Å². The van der Waals surface area contributed by atoms with Gasteiger partial charge in [-0.1, -0.05) is 17.7 Å². The van der Waals surface area contributed by atoms with Crippen molar-refractivity contribution in [2.24, 2.45) is 0 Å². The average Bonchev–Trinajstić information content (AvgIpc) is 2.77. The lowest BCUT2D eigenvalue weighted by atomic mass is 10.2. The molecule has 0 atom stereocenters. The van der Waals surface area contributed by atoms with Crippen molar-refractivity contribution >= 4 is 23.2 Å². The average molecular weight is 251 g/mol. The van der Waals surface area contributed by atoms with Crippen molar-refractivity contribution in [1.82, 2.24) is 4.98 Å². The number of rotatable bonds is 3. The molecule has 17 heavy (non-hydrogen) atoms. The molecule has 0 fully saturated rings. The summed E-state index contributed by atoms with van der Waals surface area (Å²) in [4.78, 5) is 15.6. The largest absolute Gasteiger partial charge is 0.451 e. The van der Waals surface area contributed by atoms with E-state index in [2.05, 4.69) is 10.3 Å². The van der Waals surface area contributed by atoms with E-state index in [4.69, 9.17) is 16.0 Å². The molecule has 0 saturated carbocycles. The summed E-state index contributed by atoms with van der Waals surface area (Å²) in [6, 6.07) is 5.38. The van der Waals surface area contributed by atoms with E-state index in [1.807, 2.05) is 13.0 Å². The second kappa shape index (κ2) is 5.01. The monoisotopic (exact) mass is 250 g/mol. The van der Waals surface area contributed by atoms with E-state index >= 15 is 0 Å². The van der Waals surface area contributed by atoms with Crippen LogP contribution in [0.5, 0.6) is 0 Å².